The minimum Gasteiger partial charge on any atom is -0.497 e. The second kappa shape index (κ2) is 16.8. The highest BCUT2D eigenvalue weighted by Crippen LogP contribution is 2.30. The van der Waals surface area contributed by atoms with Crippen LogP contribution in [0.4, 0.5) is 11.4 Å². The maximum Gasteiger partial charge on any atom is 0.273 e. The van der Waals surface area contributed by atoms with Crippen molar-refractivity contribution >= 4 is 56.4 Å². The van der Waals surface area contributed by atoms with Crippen LogP contribution < -0.4 is 14.4 Å². The van der Waals surface area contributed by atoms with Crippen LogP contribution in [0.5, 0.6) is 5.75 Å². The van der Waals surface area contributed by atoms with Crippen LogP contribution in [0.2, 0.25) is 10.0 Å². The number of nitrogens with zero attached hydrogens (tertiary/aromatic N) is 3. The van der Waals surface area contributed by atoms with Crippen LogP contribution in [0.1, 0.15) is 37.0 Å². The zero-order chi connectivity index (χ0) is 36.6. The molecular weight excluding hydrogens is 703 g/mol. The Labute approximate surface area is 302 Å². The number of carbonyl (C=O) groups is 2. The molecule has 0 aromatic heterocycles. The van der Waals surface area contributed by atoms with Crippen molar-refractivity contribution in [3.63, 3.8) is 0 Å². The van der Waals surface area contributed by atoms with Gasteiger partial charge in [0.15, 0.2) is 0 Å². The molecule has 0 heterocycles. The zero-order valence-electron chi connectivity index (χ0n) is 28.0. The first kappa shape index (κ1) is 38.2. The molecule has 0 saturated carbocycles. The van der Waals surface area contributed by atoms with E-state index in [4.69, 9.17) is 27.9 Å². The summed E-state index contributed by atoms with van der Waals surface area (Å²) in [6, 6.07) is 22.3. The predicted molar refractivity (Wildman–Crippen MR) is 194 cm³/mol. The Morgan fingerprint density at radius 3 is 2.22 bits per heavy atom. The number of nitro groups is 1. The Morgan fingerprint density at radius 2 is 1.62 bits per heavy atom. The van der Waals surface area contributed by atoms with E-state index in [1.165, 1.54) is 55.3 Å². The number of hydrogen-bond donors (Lipinski definition) is 1. The number of nitro benzene ring substituents is 1. The molecule has 0 aliphatic carbocycles. The van der Waals surface area contributed by atoms with Gasteiger partial charge in [-0.25, -0.2) is 8.42 Å². The average molecular weight is 742 g/mol. The second-order valence-corrected chi connectivity index (χ2v) is 14.4. The molecule has 0 saturated heterocycles. The van der Waals surface area contributed by atoms with E-state index in [1.54, 1.807) is 18.2 Å². The van der Waals surface area contributed by atoms with Crippen molar-refractivity contribution in [1.29, 1.82) is 0 Å². The lowest BCUT2D eigenvalue weighted by molar-refractivity contribution is -0.385. The first-order valence-corrected chi connectivity index (χ1v) is 17.9. The van der Waals surface area contributed by atoms with Gasteiger partial charge in [-0.2, -0.15) is 0 Å². The van der Waals surface area contributed by atoms with Crippen molar-refractivity contribution < 1.29 is 27.7 Å². The summed E-state index contributed by atoms with van der Waals surface area (Å²) in [6.07, 6.45) is 0.756. The van der Waals surface area contributed by atoms with E-state index < -0.39 is 45.0 Å². The van der Waals surface area contributed by atoms with Crippen LogP contribution in [0, 0.1) is 17.0 Å². The van der Waals surface area contributed by atoms with Gasteiger partial charge in [0.2, 0.25) is 11.8 Å². The maximum atomic E-state index is 14.7. The Bertz CT molecular complexity index is 1940. The molecule has 11 nitrogen and oxygen atoms in total. The first-order valence-electron chi connectivity index (χ1n) is 15.7. The molecule has 0 aliphatic rings. The summed E-state index contributed by atoms with van der Waals surface area (Å²) in [5.74, 6) is -0.698. The maximum absolute atomic E-state index is 14.7. The molecule has 264 valence electrons. The summed E-state index contributed by atoms with van der Waals surface area (Å²) in [7, 11) is -3.13. The fourth-order valence-electron chi connectivity index (χ4n) is 5.18. The predicted octanol–water partition coefficient (Wildman–Crippen LogP) is 6.97. The number of sulfonamides is 1. The largest absolute Gasteiger partial charge is 0.497 e. The quantitative estimate of drug-likeness (QED) is 0.103. The van der Waals surface area contributed by atoms with E-state index in [0.29, 0.717) is 22.8 Å². The number of halogens is 2. The van der Waals surface area contributed by atoms with Crippen LogP contribution >= 0.6 is 23.2 Å². The van der Waals surface area contributed by atoms with Crippen LogP contribution in [0.15, 0.2) is 95.9 Å². The Hall–Kier alpha value is -4.65. The molecule has 0 radical (unpaired) electrons. The smallest absolute Gasteiger partial charge is 0.273 e. The number of carbonyl (C=O) groups excluding carboxylic acids is 2. The van der Waals surface area contributed by atoms with Gasteiger partial charge in [0, 0.05) is 30.6 Å². The summed E-state index contributed by atoms with van der Waals surface area (Å²) in [4.78, 5) is 40.7. The zero-order valence-corrected chi connectivity index (χ0v) is 30.3. The molecule has 4 aromatic rings. The van der Waals surface area contributed by atoms with Crippen molar-refractivity contribution in [3.05, 3.63) is 128 Å². The summed E-state index contributed by atoms with van der Waals surface area (Å²) in [5.41, 5.74) is 1.30. The number of ether oxygens (including phenoxy) is 1. The molecule has 1 N–H and O–H groups in total. The van der Waals surface area contributed by atoms with Crippen molar-refractivity contribution in [2.45, 2.75) is 57.1 Å². The van der Waals surface area contributed by atoms with Crippen LogP contribution in [-0.4, -0.2) is 55.8 Å². The summed E-state index contributed by atoms with van der Waals surface area (Å²) in [5, 5.41) is 15.3. The number of benzene rings is 4. The minimum absolute atomic E-state index is 0.0977. The Balaban J connectivity index is 1.86. The third kappa shape index (κ3) is 9.32. The Kier molecular flexibility index (Phi) is 12.9. The van der Waals surface area contributed by atoms with Crippen molar-refractivity contribution in [3.8, 4) is 5.75 Å². The first-order chi connectivity index (χ1) is 23.7. The highest BCUT2D eigenvalue weighted by Gasteiger charge is 2.35. The van der Waals surface area contributed by atoms with Gasteiger partial charge in [-0.1, -0.05) is 72.6 Å². The lowest BCUT2D eigenvalue weighted by atomic mass is 10.0. The van der Waals surface area contributed by atoms with Gasteiger partial charge in [0.05, 0.1) is 32.7 Å². The fraction of sp³-hybridized carbons (Fsp3) is 0.278. The van der Waals surface area contributed by atoms with Crippen LogP contribution in [-0.2, 0) is 32.6 Å². The summed E-state index contributed by atoms with van der Waals surface area (Å²) in [6.45, 7) is 4.40. The van der Waals surface area contributed by atoms with Crippen LogP contribution in [0.25, 0.3) is 0 Å². The van der Waals surface area contributed by atoms with E-state index in [-0.39, 0.29) is 40.2 Å². The molecule has 50 heavy (non-hydrogen) atoms. The third-order valence-electron chi connectivity index (χ3n) is 8.21. The van der Waals surface area contributed by atoms with Crippen molar-refractivity contribution in [2.24, 2.45) is 0 Å². The molecular formula is C36H38Cl2N4O7S. The highest BCUT2D eigenvalue weighted by atomic mass is 35.5. The van der Waals surface area contributed by atoms with E-state index in [2.05, 4.69) is 5.32 Å². The number of rotatable bonds is 15. The Morgan fingerprint density at radius 1 is 0.940 bits per heavy atom. The normalized spacial score (nSPS) is 12.4. The van der Waals surface area contributed by atoms with Crippen LogP contribution in [0.3, 0.4) is 0 Å². The van der Waals surface area contributed by atoms with Gasteiger partial charge < -0.3 is 15.0 Å². The summed E-state index contributed by atoms with van der Waals surface area (Å²) < 4.78 is 34.8. The van der Waals surface area contributed by atoms with E-state index in [0.717, 1.165) is 15.9 Å². The molecule has 0 spiro atoms. The van der Waals surface area contributed by atoms with Crippen molar-refractivity contribution in [1.82, 2.24) is 10.2 Å². The van der Waals surface area contributed by atoms with Crippen molar-refractivity contribution in [2.75, 3.05) is 18.0 Å². The van der Waals surface area contributed by atoms with Gasteiger partial charge in [0.25, 0.3) is 15.7 Å². The molecule has 0 aliphatic heterocycles. The summed E-state index contributed by atoms with van der Waals surface area (Å²) >= 11 is 12.5. The van der Waals surface area contributed by atoms with Gasteiger partial charge in [-0.15, -0.1) is 0 Å². The molecule has 0 bridgehead atoms. The molecule has 4 rings (SSSR count). The molecule has 4 aromatic carbocycles. The van der Waals surface area contributed by atoms with Gasteiger partial charge >= 0.3 is 0 Å². The van der Waals surface area contributed by atoms with Gasteiger partial charge in [-0.05, 0) is 73.9 Å². The molecule has 2 amide bonds. The number of hydrogen-bond acceptors (Lipinski definition) is 7. The lowest BCUT2D eigenvalue weighted by Gasteiger charge is -2.34. The van der Waals surface area contributed by atoms with E-state index in [9.17, 15) is 28.1 Å². The molecule has 2 atom stereocenters. The lowest BCUT2D eigenvalue weighted by Crippen LogP contribution is -2.54. The molecule has 0 fully saturated rings. The van der Waals surface area contributed by atoms with Gasteiger partial charge in [-0.3, -0.25) is 24.0 Å². The second-order valence-electron chi connectivity index (χ2n) is 11.7. The highest BCUT2D eigenvalue weighted by molar-refractivity contribution is 7.92. The number of methoxy groups -OCH3 is 1. The standard InChI is InChI=1S/C36H38Cl2N4O7S/c1-5-25(3)39-36(44)34(20-26-9-7-6-8-10-26)40(22-27-12-18-31(37)32(38)19-27)35(43)23-41(28-13-15-29(49-4)16-14-28)50(47,48)30-17-11-24(2)33(21-30)42(45)46/h6-19,21,25,34H,5,20,22-23H2,1-4H3,(H,39,44)/t25-,34+/m0/s1. The number of amides is 2. The van der Waals surface area contributed by atoms with Gasteiger partial charge in [0.1, 0.15) is 18.3 Å². The topological polar surface area (TPSA) is 139 Å². The minimum atomic E-state index is -4.59. The molecule has 14 heteroatoms. The van der Waals surface area contributed by atoms with E-state index >= 15 is 0 Å². The van der Waals surface area contributed by atoms with E-state index in [1.807, 2.05) is 44.2 Å². The number of anilines is 1. The number of nitrogens with one attached hydrogen (secondary N) is 1. The third-order valence-corrected chi connectivity index (χ3v) is 10.7. The molecule has 0 unspecified atom stereocenters. The number of aryl methyl sites for hydroxylation is 1. The fourth-order valence-corrected chi connectivity index (χ4v) is 6.94. The monoisotopic (exact) mass is 740 g/mol. The SMILES string of the molecule is CC[C@H](C)NC(=O)[C@@H](Cc1ccccc1)N(Cc1ccc(Cl)c(Cl)c1)C(=O)CN(c1ccc(OC)cc1)S(=O)(=O)c1ccc(C)c([N+](=O)[O-])c1. The average Bonchev–Trinajstić information content (AvgIpc) is 3.10.